The molecule has 164 valence electrons. The normalized spacial score (nSPS) is 14.6. The van der Waals surface area contributed by atoms with Gasteiger partial charge in [0.1, 0.15) is 11.6 Å². The van der Waals surface area contributed by atoms with Crippen molar-refractivity contribution in [2.45, 2.75) is 25.3 Å². The fourth-order valence-corrected chi connectivity index (χ4v) is 3.66. The molecule has 0 aliphatic carbocycles. The average Bonchev–Trinajstić information content (AvgIpc) is 3.50. The van der Waals surface area contributed by atoms with E-state index in [1.807, 2.05) is 4.90 Å². The molecule has 0 radical (unpaired) electrons. The van der Waals surface area contributed by atoms with E-state index in [0.29, 0.717) is 34.9 Å². The van der Waals surface area contributed by atoms with Crippen LogP contribution in [-0.4, -0.2) is 48.7 Å². The molecule has 0 amide bonds. The van der Waals surface area contributed by atoms with Crippen LogP contribution in [0.15, 0.2) is 41.2 Å². The van der Waals surface area contributed by atoms with Crippen molar-refractivity contribution in [3.05, 3.63) is 59.7 Å². The number of halogens is 2. The Kier molecular flexibility index (Phi) is 5.40. The summed E-state index contributed by atoms with van der Waals surface area (Å²) in [6.07, 6.45) is 6.71. The molecule has 1 fully saturated rings. The molecular formula is C20H19F2N9O. The molecule has 4 heterocycles. The van der Waals surface area contributed by atoms with Crippen molar-refractivity contribution in [3.8, 4) is 11.5 Å². The van der Waals surface area contributed by atoms with Gasteiger partial charge in [-0.3, -0.25) is 0 Å². The second kappa shape index (κ2) is 8.65. The molecule has 3 aromatic heterocycles. The lowest BCUT2D eigenvalue weighted by Crippen LogP contribution is -2.33. The van der Waals surface area contributed by atoms with Crippen LogP contribution in [0.3, 0.4) is 0 Å². The van der Waals surface area contributed by atoms with Crippen molar-refractivity contribution in [1.82, 2.24) is 35.6 Å². The maximum absolute atomic E-state index is 13.3. The molecular weight excluding hydrogens is 420 g/mol. The number of rotatable bonds is 6. The Morgan fingerprint density at radius 2 is 1.78 bits per heavy atom. The zero-order valence-electron chi connectivity index (χ0n) is 16.9. The van der Waals surface area contributed by atoms with Crippen molar-refractivity contribution in [2.75, 3.05) is 23.3 Å². The molecule has 0 atom stereocenters. The van der Waals surface area contributed by atoms with E-state index in [1.54, 1.807) is 18.6 Å². The van der Waals surface area contributed by atoms with Gasteiger partial charge in [-0.25, -0.2) is 18.7 Å². The lowest BCUT2D eigenvalue weighted by molar-refractivity contribution is 0.456. The van der Waals surface area contributed by atoms with Crippen LogP contribution >= 0.6 is 0 Å². The third-order valence-electron chi connectivity index (χ3n) is 5.30. The fraction of sp³-hybridized carbons (Fsp3) is 0.300. The first-order valence-electron chi connectivity index (χ1n) is 10.1. The molecule has 0 saturated carbocycles. The van der Waals surface area contributed by atoms with Gasteiger partial charge < -0.3 is 14.6 Å². The van der Waals surface area contributed by atoms with Crippen LogP contribution in [0.1, 0.15) is 30.0 Å². The third kappa shape index (κ3) is 4.38. The average molecular weight is 439 g/mol. The van der Waals surface area contributed by atoms with Gasteiger partial charge in [0.25, 0.3) is 5.89 Å². The van der Waals surface area contributed by atoms with Gasteiger partial charge in [-0.05, 0) is 30.5 Å². The van der Waals surface area contributed by atoms with E-state index in [0.717, 1.165) is 37.7 Å². The summed E-state index contributed by atoms with van der Waals surface area (Å²) in [7, 11) is 0. The number of aromatic amines is 1. The number of benzene rings is 1. The van der Waals surface area contributed by atoms with Gasteiger partial charge in [0.15, 0.2) is 0 Å². The largest absolute Gasteiger partial charge is 0.403 e. The molecule has 12 heteroatoms. The van der Waals surface area contributed by atoms with E-state index in [2.05, 4.69) is 40.9 Å². The summed E-state index contributed by atoms with van der Waals surface area (Å²) in [5.74, 6) is -0.268. The van der Waals surface area contributed by atoms with Crippen LogP contribution in [0, 0.1) is 11.6 Å². The molecule has 10 nitrogen and oxygen atoms in total. The van der Waals surface area contributed by atoms with Gasteiger partial charge >= 0.3 is 6.01 Å². The predicted molar refractivity (Wildman–Crippen MR) is 110 cm³/mol. The number of piperidine rings is 1. The Morgan fingerprint density at radius 3 is 2.47 bits per heavy atom. The highest BCUT2D eigenvalue weighted by atomic mass is 19.1. The first-order valence-corrected chi connectivity index (χ1v) is 10.1. The molecule has 0 unspecified atom stereocenters. The van der Waals surface area contributed by atoms with Crippen molar-refractivity contribution in [1.29, 1.82) is 0 Å². The molecule has 5 rings (SSSR count). The maximum Gasteiger partial charge on any atom is 0.318 e. The Hall–Kier alpha value is -3.96. The van der Waals surface area contributed by atoms with Gasteiger partial charge in [0.05, 0.1) is 17.5 Å². The van der Waals surface area contributed by atoms with E-state index < -0.39 is 11.6 Å². The van der Waals surface area contributed by atoms with Crippen LogP contribution in [0.25, 0.3) is 11.5 Å². The van der Waals surface area contributed by atoms with E-state index in [-0.39, 0.29) is 6.54 Å². The van der Waals surface area contributed by atoms with Crippen molar-refractivity contribution in [3.63, 3.8) is 0 Å². The van der Waals surface area contributed by atoms with Gasteiger partial charge in [0, 0.05) is 44.0 Å². The van der Waals surface area contributed by atoms with Gasteiger partial charge in [-0.15, -0.1) is 5.10 Å². The Morgan fingerprint density at radius 1 is 1.03 bits per heavy atom. The summed E-state index contributed by atoms with van der Waals surface area (Å²) < 4.78 is 32.4. The third-order valence-corrected chi connectivity index (χ3v) is 5.30. The first kappa shape index (κ1) is 20.0. The molecule has 1 aliphatic heterocycles. The smallest absolute Gasteiger partial charge is 0.318 e. The Labute approximate surface area is 181 Å². The summed E-state index contributed by atoms with van der Waals surface area (Å²) in [6, 6.07) is 3.78. The standard InChI is InChI=1S/C20H19F2N9O/c21-15-5-12(6-16(22)7-15)8-23-19-24-9-14(10-25-19)18-28-29-20(32-18)31-3-1-13(2-4-31)17-11-26-30-27-17/h5-7,9-11,13H,1-4,8H2,(H,23,24,25)(H,26,27,30). The van der Waals surface area contributed by atoms with Crippen molar-refractivity contribution >= 4 is 12.0 Å². The van der Waals surface area contributed by atoms with Crippen LogP contribution in [-0.2, 0) is 6.54 Å². The minimum atomic E-state index is -0.632. The Bertz CT molecular complexity index is 1150. The number of hydrogen-bond acceptors (Lipinski definition) is 9. The van der Waals surface area contributed by atoms with E-state index in [4.69, 9.17) is 4.42 Å². The number of anilines is 2. The summed E-state index contributed by atoms with van der Waals surface area (Å²) >= 11 is 0. The quantitative estimate of drug-likeness (QED) is 0.467. The molecule has 1 saturated heterocycles. The topological polar surface area (TPSA) is 122 Å². The SMILES string of the molecule is Fc1cc(F)cc(CNc2ncc(-c3nnc(N4CCC(c5cn[nH]n5)CC4)o3)cn2)c1. The number of nitrogens with one attached hydrogen (secondary N) is 2. The second-order valence-corrected chi connectivity index (χ2v) is 7.47. The highest BCUT2D eigenvalue weighted by molar-refractivity contribution is 5.51. The molecule has 0 spiro atoms. The van der Waals surface area contributed by atoms with E-state index in [9.17, 15) is 8.78 Å². The van der Waals surface area contributed by atoms with Crippen LogP contribution < -0.4 is 10.2 Å². The number of H-pyrrole nitrogens is 1. The van der Waals surface area contributed by atoms with Crippen molar-refractivity contribution in [2.24, 2.45) is 0 Å². The minimum Gasteiger partial charge on any atom is -0.403 e. The summed E-state index contributed by atoms with van der Waals surface area (Å²) in [4.78, 5) is 10.5. The zero-order valence-corrected chi connectivity index (χ0v) is 16.9. The molecule has 0 bridgehead atoms. The van der Waals surface area contributed by atoms with E-state index >= 15 is 0 Å². The zero-order chi connectivity index (χ0) is 21.9. The molecule has 4 aromatic rings. The van der Waals surface area contributed by atoms with Gasteiger partial charge in [-0.2, -0.15) is 15.4 Å². The molecule has 2 N–H and O–H groups in total. The van der Waals surface area contributed by atoms with Gasteiger partial charge in [-0.1, -0.05) is 5.10 Å². The highest BCUT2D eigenvalue weighted by Crippen LogP contribution is 2.29. The highest BCUT2D eigenvalue weighted by Gasteiger charge is 2.25. The molecule has 32 heavy (non-hydrogen) atoms. The van der Waals surface area contributed by atoms with Crippen LogP contribution in [0.2, 0.25) is 0 Å². The van der Waals surface area contributed by atoms with Crippen LogP contribution in [0.5, 0.6) is 0 Å². The summed E-state index contributed by atoms with van der Waals surface area (Å²) in [5.41, 5.74) is 2.00. The maximum atomic E-state index is 13.3. The monoisotopic (exact) mass is 439 g/mol. The van der Waals surface area contributed by atoms with Crippen LogP contribution in [0.4, 0.5) is 20.7 Å². The van der Waals surface area contributed by atoms with Gasteiger partial charge in [0.2, 0.25) is 5.95 Å². The Balaban J connectivity index is 1.19. The minimum absolute atomic E-state index is 0.184. The lowest BCUT2D eigenvalue weighted by atomic mass is 9.94. The van der Waals surface area contributed by atoms with Crippen molar-refractivity contribution < 1.29 is 13.2 Å². The predicted octanol–water partition coefficient (Wildman–Crippen LogP) is 2.92. The van der Waals surface area contributed by atoms with E-state index in [1.165, 1.54) is 12.1 Å². The number of aromatic nitrogens is 7. The fourth-order valence-electron chi connectivity index (χ4n) is 3.66. The molecule has 1 aliphatic rings. The summed E-state index contributed by atoms with van der Waals surface area (Å²) in [6.45, 7) is 1.74. The molecule has 1 aromatic carbocycles. The number of hydrogen-bond donors (Lipinski definition) is 2. The second-order valence-electron chi connectivity index (χ2n) is 7.47. The number of nitrogens with zero attached hydrogens (tertiary/aromatic N) is 7. The lowest BCUT2D eigenvalue weighted by Gasteiger charge is -2.29. The summed E-state index contributed by atoms with van der Waals surface area (Å²) in [5, 5.41) is 21.9. The first-order chi connectivity index (χ1) is 15.6.